The van der Waals surface area contributed by atoms with E-state index in [1.807, 2.05) is 12.1 Å². The predicted octanol–water partition coefficient (Wildman–Crippen LogP) is 3.25. The highest BCUT2D eigenvalue weighted by Gasteiger charge is 2.31. The lowest BCUT2D eigenvalue weighted by molar-refractivity contribution is 0.212. The van der Waals surface area contributed by atoms with Crippen molar-refractivity contribution < 1.29 is 8.42 Å². The Balaban J connectivity index is 2.21. The van der Waals surface area contributed by atoms with Gasteiger partial charge in [0.15, 0.2) is 0 Å². The van der Waals surface area contributed by atoms with Gasteiger partial charge in [0.2, 0.25) is 10.0 Å². The fraction of sp³-hybridized carbons (Fsp3) is 0.571. The molecule has 0 saturated carbocycles. The van der Waals surface area contributed by atoms with Crippen LogP contribution in [0.5, 0.6) is 0 Å². The first kappa shape index (κ1) is 15.0. The molecule has 1 aliphatic rings. The maximum atomic E-state index is 12.6. The lowest BCUT2D eigenvalue weighted by atomic mass is 9.90. The first-order valence-electron chi connectivity index (χ1n) is 6.60. The van der Waals surface area contributed by atoms with Gasteiger partial charge in [-0.2, -0.15) is 4.31 Å². The molecule has 1 aromatic carbocycles. The summed E-state index contributed by atoms with van der Waals surface area (Å²) in [7, 11) is -3.33. The molecule has 1 aliphatic heterocycles. The normalized spacial score (nSPS) is 25.4. The van der Waals surface area contributed by atoms with Crippen LogP contribution in [-0.2, 0) is 15.4 Å². The van der Waals surface area contributed by atoms with Crippen LogP contribution in [0.3, 0.4) is 0 Å². The van der Waals surface area contributed by atoms with Gasteiger partial charge < -0.3 is 0 Å². The van der Waals surface area contributed by atoms with E-state index in [4.69, 9.17) is 0 Å². The van der Waals surface area contributed by atoms with Crippen molar-refractivity contribution in [1.82, 2.24) is 4.31 Å². The smallest absolute Gasteiger partial charge is 0.207 e. The van der Waals surface area contributed by atoms with Crippen LogP contribution < -0.4 is 0 Å². The molecule has 2 unspecified atom stereocenters. The minimum absolute atomic E-state index is 0.402. The molecule has 3 nitrogen and oxygen atoms in total. The van der Waals surface area contributed by atoms with Crippen molar-refractivity contribution >= 4 is 26.0 Å². The number of benzene rings is 1. The summed E-state index contributed by atoms with van der Waals surface area (Å²) in [4.78, 5) is 0.402. The van der Waals surface area contributed by atoms with Gasteiger partial charge in [0.25, 0.3) is 0 Å². The molecule has 1 fully saturated rings. The number of alkyl halides is 1. The SMILES string of the molecule is CC1CCN(S(=O)(=O)c2ccc(CBr)cc2)CC1C. The molecule has 2 rings (SSSR count). The predicted molar refractivity (Wildman–Crippen MR) is 80.8 cm³/mol. The Kier molecular flexibility index (Phi) is 4.69. The lowest BCUT2D eigenvalue weighted by Crippen LogP contribution is -2.42. The van der Waals surface area contributed by atoms with Gasteiger partial charge >= 0.3 is 0 Å². The number of sulfonamides is 1. The van der Waals surface area contributed by atoms with E-state index < -0.39 is 10.0 Å². The molecule has 0 aliphatic carbocycles. The zero-order valence-electron chi connectivity index (χ0n) is 11.3. The first-order valence-corrected chi connectivity index (χ1v) is 9.16. The monoisotopic (exact) mass is 345 g/mol. The number of rotatable bonds is 3. The van der Waals surface area contributed by atoms with Crippen LogP contribution in [-0.4, -0.2) is 25.8 Å². The minimum atomic E-state index is -3.33. The van der Waals surface area contributed by atoms with Gasteiger partial charge in [0.05, 0.1) is 4.90 Å². The van der Waals surface area contributed by atoms with Crippen LogP contribution in [0.2, 0.25) is 0 Å². The zero-order chi connectivity index (χ0) is 14.0. The molecule has 0 aromatic heterocycles. The number of hydrogen-bond donors (Lipinski definition) is 0. The molecule has 0 N–H and O–H groups in total. The van der Waals surface area contributed by atoms with Crippen molar-refractivity contribution in [3.05, 3.63) is 29.8 Å². The average Bonchev–Trinajstić information content (AvgIpc) is 2.41. The topological polar surface area (TPSA) is 37.4 Å². The summed E-state index contributed by atoms with van der Waals surface area (Å²) in [6.07, 6.45) is 0.944. The Morgan fingerprint density at radius 2 is 1.84 bits per heavy atom. The highest BCUT2D eigenvalue weighted by molar-refractivity contribution is 9.08. The van der Waals surface area contributed by atoms with Crippen LogP contribution >= 0.6 is 15.9 Å². The van der Waals surface area contributed by atoms with E-state index in [9.17, 15) is 8.42 Å². The third kappa shape index (κ3) is 3.20. The molecule has 1 aromatic rings. The fourth-order valence-electron chi connectivity index (χ4n) is 2.34. The second-order valence-electron chi connectivity index (χ2n) is 5.38. The molecule has 0 bridgehead atoms. The molecule has 106 valence electrons. The summed E-state index contributed by atoms with van der Waals surface area (Å²) in [5.41, 5.74) is 1.08. The van der Waals surface area contributed by atoms with Crippen molar-refractivity contribution in [3.8, 4) is 0 Å². The van der Waals surface area contributed by atoms with Crippen molar-refractivity contribution in [1.29, 1.82) is 0 Å². The van der Waals surface area contributed by atoms with Gasteiger partial charge in [-0.05, 0) is 36.0 Å². The van der Waals surface area contributed by atoms with Gasteiger partial charge in [-0.15, -0.1) is 0 Å². The number of piperidine rings is 1. The minimum Gasteiger partial charge on any atom is -0.207 e. The number of halogens is 1. The summed E-state index contributed by atoms with van der Waals surface area (Å²) in [5.74, 6) is 1.02. The van der Waals surface area contributed by atoms with E-state index in [0.29, 0.717) is 29.8 Å². The molecule has 0 radical (unpaired) electrons. The van der Waals surface area contributed by atoms with Crippen molar-refractivity contribution in [2.75, 3.05) is 13.1 Å². The number of nitrogens with zero attached hydrogens (tertiary/aromatic N) is 1. The molecule has 1 heterocycles. The molecule has 1 saturated heterocycles. The lowest BCUT2D eigenvalue weighted by Gasteiger charge is -2.34. The van der Waals surface area contributed by atoms with Crippen molar-refractivity contribution in [2.45, 2.75) is 30.5 Å². The van der Waals surface area contributed by atoms with Crippen LogP contribution in [0.1, 0.15) is 25.8 Å². The van der Waals surface area contributed by atoms with Crippen LogP contribution in [0.25, 0.3) is 0 Å². The third-order valence-corrected chi connectivity index (χ3v) is 6.54. The summed E-state index contributed by atoms with van der Waals surface area (Å²) in [6, 6.07) is 7.12. The Labute approximate surface area is 124 Å². The fourth-order valence-corrected chi connectivity index (χ4v) is 4.27. The largest absolute Gasteiger partial charge is 0.243 e. The van der Waals surface area contributed by atoms with E-state index in [1.54, 1.807) is 16.4 Å². The van der Waals surface area contributed by atoms with Crippen LogP contribution in [0.4, 0.5) is 0 Å². The molecular weight excluding hydrogens is 326 g/mol. The molecule has 0 spiro atoms. The summed E-state index contributed by atoms with van der Waals surface area (Å²) in [6.45, 7) is 5.58. The highest BCUT2D eigenvalue weighted by Crippen LogP contribution is 2.27. The summed E-state index contributed by atoms with van der Waals surface area (Å²) in [5, 5.41) is 0.742. The summed E-state index contributed by atoms with van der Waals surface area (Å²) < 4.78 is 26.7. The quantitative estimate of drug-likeness (QED) is 0.788. The molecule has 2 atom stereocenters. The molecule has 5 heteroatoms. The molecule has 0 amide bonds. The highest BCUT2D eigenvalue weighted by atomic mass is 79.9. The first-order chi connectivity index (χ1) is 8.95. The Hall–Kier alpha value is -0.390. The Bertz CT molecular complexity index is 527. The second kappa shape index (κ2) is 5.94. The Morgan fingerprint density at radius 1 is 1.21 bits per heavy atom. The average molecular weight is 346 g/mol. The van der Waals surface area contributed by atoms with E-state index in [1.165, 1.54) is 0 Å². The van der Waals surface area contributed by atoms with Crippen LogP contribution in [0.15, 0.2) is 29.2 Å². The van der Waals surface area contributed by atoms with Crippen molar-refractivity contribution in [2.24, 2.45) is 11.8 Å². The van der Waals surface area contributed by atoms with Gasteiger partial charge in [-0.3, -0.25) is 0 Å². The summed E-state index contributed by atoms with van der Waals surface area (Å²) >= 11 is 3.36. The second-order valence-corrected chi connectivity index (χ2v) is 7.88. The van der Waals surface area contributed by atoms with Gasteiger partial charge in [0.1, 0.15) is 0 Å². The van der Waals surface area contributed by atoms with Gasteiger partial charge in [0, 0.05) is 18.4 Å². The molecular formula is C14H20BrNO2S. The van der Waals surface area contributed by atoms with E-state index in [0.717, 1.165) is 17.3 Å². The Morgan fingerprint density at radius 3 is 2.37 bits per heavy atom. The zero-order valence-corrected chi connectivity index (χ0v) is 13.7. The third-order valence-electron chi connectivity index (χ3n) is 4.01. The van der Waals surface area contributed by atoms with Crippen LogP contribution in [0, 0.1) is 11.8 Å². The maximum Gasteiger partial charge on any atom is 0.243 e. The van der Waals surface area contributed by atoms with E-state index >= 15 is 0 Å². The standard InChI is InChI=1S/C14H20BrNO2S/c1-11-7-8-16(10-12(11)2)19(17,18)14-5-3-13(9-15)4-6-14/h3-6,11-12H,7-10H2,1-2H3. The van der Waals surface area contributed by atoms with Gasteiger partial charge in [-0.25, -0.2) is 8.42 Å². The van der Waals surface area contributed by atoms with E-state index in [-0.39, 0.29) is 0 Å². The maximum absolute atomic E-state index is 12.6. The van der Waals surface area contributed by atoms with Crippen molar-refractivity contribution in [3.63, 3.8) is 0 Å². The van der Waals surface area contributed by atoms with Gasteiger partial charge in [-0.1, -0.05) is 41.9 Å². The molecule has 19 heavy (non-hydrogen) atoms. The van der Waals surface area contributed by atoms with E-state index in [2.05, 4.69) is 29.8 Å². The number of hydrogen-bond acceptors (Lipinski definition) is 2.